The summed E-state index contributed by atoms with van der Waals surface area (Å²) in [5.74, 6) is 0.625. The summed E-state index contributed by atoms with van der Waals surface area (Å²) in [6.45, 7) is 5.23. The minimum absolute atomic E-state index is 0.00481. The van der Waals surface area contributed by atoms with E-state index in [2.05, 4.69) is 64.2 Å². The van der Waals surface area contributed by atoms with Crippen LogP contribution in [0.3, 0.4) is 0 Å². The number of aromatic nitrogens is 2. The van der Waals surface area contributed by atoms with Crippen LogP contribution in [0.15, 0.2) is 18.2 Å². The monoisotopic (exact) mass is 399 g/mol. The molecule has 1 atom stereocenters. The fourth-order valence-corrected chi connectivity index (χ4v) is 3.91. The van der Waals surface area contributed by atoms with Crippen LogP contribution < -0.4 is 5.73 Å². The second-order valence-corrected chi connectivity index (χ2v) is 7.10. The Morgan fingerprint density at radius 3 is 2.90 bits per heavy atom. The van der Waals surface area contributed by atoms with Crippen molar-refractivity contribution in [3.05, 3.63) is 21.8 Å². The summed E-state index contributed by atoms with van der Waals surface area (Å²) in [6.07, 6.45) is 4.11. The second-order valence-electron chi connectivity index (χ2n) is 5.86. The standard InChI is InChI=1S/C16H22IN3O/c1-3-16(4-2)10-12(7-8-21-16)20-14-6-5-11(17)9-13(14)19-15(20)18/h5-6,9,12H,3-4,7-8,10H2,1-2H3,(H2,18,19). The summed E-state index contributed by atoms with van der Waals surface area (Å²) < 4.78 is 9.49. The molecule has 1 aromatic carbocycles. The van der Waals surface area contributed by atoms with E-state index in [1.807, 2.05) is 0 Å². The van der Waals surface area contributed by atoms with E-state index in [9.17, 15) is 0 Å². The molecule has 21 heavy (non-hydrogen) atoms. The fourth-order valence-electron chi connectivity index (χ4n) is 3.44. The quantitative estimate of drug-likeness (QED) is 0.790. The van der Waals surface area contributed by atoms with Crippen LogP contribution in [0, 0.1) is 3.57 Å². The third kappa shape index (κ3) is 2.65. The number of hydrogen-bond donors (Lipinski definition) is 1. The molecule has 2 aromatic rings. The largest absolute Gasteiger partial charge is 0.375 e. The first-order chi connectivity index (χ1) is 10.1. The van der Waals surface area contributed by atoms with Crippen LogP contribution >= 0.6 is 22.6 Å². The van der Waals surface area contributed by atoms with E-state index < -0.39 is 0 Å². The molecule has 0 radical (unpaired) electrons. The van der Waals surface area contributed by atoms with Crippen LogP contribution in [0.1, 0.15) is 45.6 Å². The number of anilines is 1. The minimum atomic E-state index is -0.00481. The summed E-state index contributed by atoms with van der Waals surface area (Å²) in [5, 5.41) is 0. The van der Waals surface area contributed by atoms with Gasteiger partial charge in [0.2, 0.25) is 5.95 Å². The molecule has 2 N–H and O–H groups in total. The van der Waals surface area contributed by atoms with Crippen molar-refractivity contribution in [1.29, 1.82) is 0 Å². The number of imidazole rings is 1. The zero-order valence-electron chi connectivity index (χ0n) is 12.6. The van der Waals surface area contributed by atoms with Gasteiger partial charge >= 0.3 is 0 Å². The van der Waals surface area contributed by atoms with Gasteiger partial charge in [-0.3, -0.25) is 0 Å². The predicted octanol–water partition coefficient (Wildman–Crippen LogP) is 4.13. The number of ether oxygens (including phenoxy) is 1. The Labute approximate surface area is 139 Å². The molecular weight excluding hydrogens is 377 g/mol. The molecule has 2 heterocycles. The van der Waals surface area contributed by atoms with Crippen molar-refractivity contribution in [2.24, 2.45) is 0 Å². The Kier molecular flexibility index (Phi) is 4.14. The highest BCUT2D eigenvalue weighted by molar-refractivity contribution is 14.1. The van der Waals surface area contributed by atoms with E-state index in [4.69, 9.17) is 10.5 Å². The smallest absolute Gasteiger partial charge is 0.201 e. The summed E-state index contributed by atoms with van der Waals surface area (Å²) in [5.41, 5.74) is 8.34. The van der Waals surface area contributed by atoms with E-state index in [-0.39, 0.29) is 5.60 Å². The first kappa shape index (κ1) is 15.1. The molecule has 0 aliphatic carbocycles. The number of nitrogens with zero attached hydrogens (tertiary/aromatic N) is 2. The third-order valence-corrected chi connectivity index (χ3v) is 5.47. The Balaban J connectivity index is 2.02. The maximum atomic E-state index is 6.21. The van der Waals surface area contributed by atoms with E-state index >= 15 is 0 Å². The van der Waals surface area contributed by atoms with Gasteiger partial charge in [-0.2, -0.15) is 0 Å². The maximum absolute atomic E-state index is 6.21. The number of halogens is 1. The normalized spacial score (nSPS) is 21.8. The van der Waals surface area contributed by atoms with Gasteiger partial charge in [0.05, 0.1) is 16.6 Å². The van der Waals surface area contributed by atoms with Gasteiger partial charge in [0, 0.05) is 16.2 Å². The van der Waals surface area contributed by atoms with Gasteiger partial charge in [-0.05, 0) is 66.5 Å². The lowest BCUT2D eigenvalue weighted by atomic mass is 9.85. The fraction of sp³-hybridized carbons (Fsp3) is 0.562. The Morgan fingerprint density at radius 2 is 2.19 bits per heavy atom. The maximum Gasteiger partial charge on any atom is 0.201 e. The summed E-state index contributed by atoms with van der Waals surface area (Å²) in [4.78, 5) is 4.54. The van der Waals surface area contributed by atoms with Crippen molar-refractivity contribution < 1.29 is 4.74 Å². The van der Waals surface area contributed by atoms with Crippen LogP contribution in [0.25, 0.3) is 11.0 Å². The summed E-state index contributed by atoms with van der Waals surface area (Å²) in [6, 6.07) is 6.72. The van der Waals surface area contributed by atoms with Gasteiger partial charge in [-0.1, -0.05) is 13.8 Å². The van der Waals surface area contributed by atoms with Crippen LogP contribution in [0.2, 0.25) is 0 Å². The van der Waals surface area contributed by atoms with Gasteiger partial charge in [0.1, 0.15) is 0 Å². The molecule has 1 unspecified atom stereocenters. The van der Waals surface area contributed by atoms with E-state index in [1.54, 1.807) is 0 Å². The molecule has 3 rings (SSSR count). The molecule has 1 aliphatic heterocycles. The van der Waals surface area contributed by atoms with Crippen molar-refractivity contribution in [2.45, 2.75) is 51.2 Å². The molecule has 1 saturated heterocycles. The molecule has 0 spiro atoms. The van der Waals surface area contributed by atoms with Crippen LogP contribution in [0.5, 0.6) is 0 Å². The Hall–Kier alpha value is -0.820. The number of hydrogen-bond acceptors (Lipinski definition) is 3. The SMILES string of the molecule is CCC1(CC)CC(n2c(N)nc3cc(I)ccc32)CCO1. The molecular formula is C16H22IN3O. The van der Waals surface area contributed by atoms with Crippen LogP contribution in [-0.4, -0.2) is 21.8 Å². The van der Waals surface area contributed by atoms with Crippen LogP contribution in [0.4, 0.5) is 5.95 Å². The zero-order valence-corrected chi connectivity index (χ0v) is 14.8. The average molecular weight is 399 g/mol. The van der Waals surface area contributed by atoms with Crippen LogP contribution in [-0.2, 0) is 4.74 Å². The highest BCUT2D eigenvalue weighted by Gasteiger charge is 2.36. The van der Waals surface area contributed by atoms with Crippen molar-refractivity contribution >= 4 is 39.6 Å². The highest BCUT2D eigenvalue weighted by atomic mass is 127. The number of nitrogens with two attached hydrogens (primary N) is 1. The number of nitrogen functional groups attached to an aromatic ring is 1. The zero-order chi connectivity index (χ0) is 15.0. The molecule has 4 nitrogen and oxygen atoms in total. The van der Waals surface area contributed by atoms with Crippen molar-refractivity contribution in [2.75, 3.05) is 12.3 Å². The molecule has 5 heteroatoms. The minimum Gasteiger partial charge on any atom is -0.375 e. The van der Waals surface area contributed by atoms with Gasteiger partial charge in [-0.25, -0.2) is 4.98 Å². The molecule has 1 fully saturated rings. The lowest BCUT2D eigenvalue weighted by Crippen LogP contribution is -2.39. The van der Waals surface area contributed by atoms with Gasteiger partial charge in [-0.15, -0.1) is 0 Å². The number of rotatable bonds is 3. The average Bonchev–Trinajstić information content (AvgIpc) is 2.82. The predicted molar refractivity (Wildman–Crippen MR) is 94.4 cm³/mol. The van der Waals surface area contributed by atoms with Gasteiger partial charge in [0.25, 0.3) is 0 Å². The molecule has 1 aliphatic rings. The van der Waals surface area contributed by atoms with E-state index in [1.165, 1.54) is 3.57 Å². The summed E-state index contributed by atoms with van der Waals surface area (Å²) in [7, 11) is 0. The third-order valence-electron chi connectivity index (χ3n) is 4.80. The molecule has 0 amide bonds. The lowest BCUT2D eigenvalue weighted by Gasteiger charge is -2.40. The topological polar surface area (TPSA) is 53.1 Å². The molecule has 0 bridgehead atoms. The Bertz CT molecular complexity index is 648. The van der Waals surface area contributed by atoms with E-state index in [0.29, 0.717) is 12.0 Å². The van der Waals surface area contributed by atoms with E-state index in [0.717, 1.165) is 43.3 Å². The first-order valence-electron chi connectivity index (χ1n) is 7.65. The Morgan fingerprint density at radius 1 is 1.43 bits per heavy atom. The molecule has 1 aromatic heterocycles. The molecule has 0 saturated carbocycles. The lowest BCUT2D eigenvalue weighted by molar-refractivity contribution is -0.0979. The van der Waals surface area contributed by atoms with Crippen molar-refractivity contribution in [1.82, 2.24) is 9.55 Å². The first-order valence-corrected chi connectivity index (χ1v) is 8.73. The number of fused-ring (bicyclic) bond motifs is 1. The van der Waals surface area contributed by atoms with Crippen molar-refractivity contribution in [3.8, 4) is 0 Å². The van der Waals surface area contributed by atoms with Gasteiger partial charge in [0.15, 0.2) is 0 Å². The second kappa shape index (κ2) is 5.76. The molecule has 114 valence electrons. The number of benzene rings is 1. The van der Waals surface area contributed by atoms with Gasteiger partial charge < -0.3 is 15.0 Å². The summed E-state index contributed by atoms with van der Waals surface area (Å²) >= 11 is 2.31. The highest BCUT2D eigenvalue weighted by Crippen LogP contribution is 2.39. The van der Waals surface area contributed by atoms with Crippen molar-refractivity contribution in [3.63, 3.8) is 0 Å².